The molecule has 13 heteroatoms. The molecule has 39 heavy (non-hydrogen) atoms. The fourth-order valence-corrected chi connectivity index (χ4v) is 4.39. The van der Waals surface area contributed by atoms with Crippen LogP contribution in [0.15, 0.2) is 43.0 Å². The molecule has 0 spiro atoms. The Bertz CT molecular complexity index is 1280. The van der Waals surface area contributed by atoms with Crippen LogP contribution in [0, 0.1) is 5.92 Å². The van der Waals surface area contributed by atoms with Crippen LogP contribution in [0.2, 0.25) is 0 Å². The summed E-state index contributed by atoms with van der Waals surface area (Å²) in [6, 6.07) is 3.21. The van der Waals surface area contributed by atoms with E-state index in [9.17, 15) is 24.3 Å². The maximum Gasteiger partial charge on any atom is 0.326 e. The minimum Gasteiger partial charge on any atom is -0.480 e. The molecular weight excluding hydrogens is 522 g/mol. The monoisotopic (exact) mass is 557 g/mol. The van der Waals surface area contributed by atoms with Crippen molar-refractivity contribution in [2.75, 3.05) is 5.75 Å². The van der Waals surface area contributed by atoms with Crippen LogP contribution in [0.1, 0.15) is 31.5 Å². The van der Waals surface area contributed by atoms with E-state index >= 15 is 0 Å². The van der Waals surface area contributed by atoms with Gasteiger partial charge in [0.25, 0.3) is 0 Å². The van der Waals surface area contributed by atoms with Crippen LogP contribution in [0.25, 0.3) is 10.9 Å². The van der Waals surface area contributed by atoms with E-state index in [0.29, 0.717) is 12.1 Å². The van der Waals surface area contributed by atoms with Crippen molar-refractivity contribution in [1.29, 1.82) is 0 Å². The second kappa shape index (κ2) is 13.8. The largest absolute Gasteiger partial charge is 0.480 e. The van der Waals surface area contributed by atoms with E-state index in [1.807, 2.05) is 31.2 Å². The minimum atomic E-state index is -1.22. The Kier molecular flexibility index (Phi) is 10.5. The van der Waals surface area contributed by atoms with E-state index in [1.54, 1.807) is 19.3 Å². The van der Waals surface area contributed by atoms with Crippen LogP contribution in [0.4, 0.5) is 0 Å². The maximum absolute atomic E-state index is 13.3. The summed E-state index contributed by atoms with van der Waals surface area (Å²) in [6.45, 7) is 3.62. The Morgan fingerprint density at radius 1 is 1.03 bits per heavy atom. The Labute approximate surface area is 231 Å². The first-order valence-corrected chi connectivity index (χ1v) is 13.3. The number of aromatic amines is 2. The number of hydrogen-bond donors (Lipinski definition) is 8. The highest BCUT2D eigenvalue weighted by atomic mass is 32.1. The van der Waals surface area contributed by atoms with Crippen LogP contribution in [-0.4, -0.2) is 73.7 Å². The Hall–Kier alpha value is -3.84. The summed E-state index contributed by atoms with van der Waals surface area (Å²) in [7, 11) is 0. The summed E-state index contributed by atoms with van der Waals surface area (Å²) >= 11 is 4.18. The highest BCUT2D eigenvalue weighted by Crippen LogP contribution is 2.19. The summed E-state index contributed by atoms with van der Waals surface area (Å²) in [5.41, 5.74) is 8.23. The van der Waals surface area contributed by atoms with E-state index in [0.717, 1.165) is 16.5 Å². The molecule has 0 saturated heterocycles. The molecule has 3 rings (SSSR count). The van der Waals surface area contributed by atoms with E-state index in [4.69, 9.17) is 5.73 Å². The number of nitrogens with two attached hydrogens (primary N) is 1. The van der Waals surface area contributed by atoms with Gasteiger partial charge in [0, 0.05) is 47.6 Å². The molecule has 5 atom stereocenters. The number of H-pyrrole nitrogens is 2. The molecule has 0 fully saturated rings. The lowest BCUT2D eigenvalue weighted by Crippen LogP contribution is -2.59. The van der Waals surface area contributed by atoms with Gasteiger partial charge in [-0.3, -0.25) is 14.4 Å². The number of nitrogens with zero attached hydrogens (tertiary/aromatic N) is 1. The van der Waals surface area contributed by atoms with Crippen molar-refractivity contribution in [2.45, 2.75) is 57.3 Å². The lowest BCUT2D eigenvalue weighted by Gasteiger charge is -2.27. The molecule has 1 aromatic carbocycles. The van der Waals surface area contributed by atoms with E-state index in [1.165, 1.54) is 6.33 Å². The molecule has 2 heterocycles. The third-order valence-corrected chi connectivity index (χ3v) is 7.02. The van der Waals surface area contributed by atoms with Gasteiger partial charge >= 0.3 is 5.97 Å². The van der Waals surface area contributed by atoms with Gasteiger partial charge in [-0.25, -0.2) is 9.78 Å². The number of carbonyl (C=O) groups is 4. The average molecular weight is 558 g/mol. The minimum absolute atomic E-state index is 0.0402. The topological polar surface area (TPSA) is 195 Å². The molecule has 0 saturated carbocycles. The number of aliphatic carboxylic acids is 1. The third-order valence-electron chi connectivity index (χ3n) is 6.65. The molecular formula is C26H35N7O5S. The van der Waals surface area contributed by atoms with Crippen LogP contribution in [-0.2, 0) is 32.0 Å². The van der Waals surface area contributed by atoms with Crippen molar-refractivity contribution in [3.8, 4) is 0 Å². The van der Waals surface area contributed by atoms with E-state index < -0.39 is 47.9 Å². The number of hydrogen-bond acceptors (Lipinski definition) is 7. The molecule has 0 aliphatic rings. The number of nitrogens with one attached hydrogen (secondary N) is 5. The quantitative estimate of drug-likeness (QED) is 0.132. The lowest BCUT2D eigenvalue weighted by molar-refractivity contribution is -0.142. The van der Waals surface area contributed by atoms with Gasteiger partial charge in [0.05, 0.1) is 12.4 Å². The zero-order chi connectivity index (χ0) is 28.5. The second-order valence-corrected chi connectivity index (χ2v) is 9.83. The predicted molar refractivity (Wildman–Crippen MR) is 149 cm³/mol. The maximum atomic E-state index is 13.3. The number of fused-ring (bicyclic) bond motifs is 1. The highest BCUT2D eigenvalue weighted by Gasteiger charge is 2.32. The van der Waals surface area contributed by atoms with Crippen molar-refractivity contribution in [1.82, 2.24) is 30.9 Å². The van der Waals surface area contributed by atoms with Crippen molar-refractivity contribution in [3.05, 3.63) is 54.2 Å². The van der Waals surface area contributed by atoms with Gasteiger partial charge in [0.2, 0.25) is 17.7 Å². The number of benzene rings is 1. The standard InChI is InChI=1S/C26H35N7O5S/c1-3-14(2)22(33-24(35)21(12-39)32-23(34)18(27)9-16-11-28-13-30-16)25(36)31-20(26(37)38)8-15-10-29-19-7-5-4-6-17(15)19/h4-7,10-11,13-14,18,20-22,29,39H,3,8-9,12,27H2,1-2H3,(H,28,30)(H,31,36)(H,32,34)(H,33,35)(H,37,38). The van der Waals surface area contributed by atoms with Gasteiger partial charge in [-0.05, 0) is 17.5 Å². The Balaban J connectivity index is 1.67. The number of rotatable bonds is 14. The molecule has 8 N–H and O–H groups in total. The van der Waals surface area contributed by atoms with Crippen LogP contribution in [0.3, 0.4) is 0 Å². The number of carboxylic acids is 1. The van der Waals surface area contributed by atoms with Gasteiger partial charge in [-0.15, -0.1) is 0 Å². The van der Waals surface area contributed by atoms with Crippen LogP contribution >= 0.6 is 12.6 Å². The number of carboxylic acid groups (broad SMARTS) is 1. The van der Waals surface area contributed by atoms with Crippen molar-refractivity contribution in [3.63, 3.8) is 0 Å². The van der Waals surface area contributed by atoms with Crippen LogP contribution < -0.4 is 21.7 Å². The molecule has 0 aliphatic heterocycles. The highest BCUT2D eigenvalue weighted by molar-refractivity contribution is 7.80. The normalized spacial score (nSPS) is 15.1. The summed E-state index contributed by atoms with van der Waals surface area (Å²) in [4.78, 5) is 60.8. The van der Waals surface area contributed by atoms with Crippen LogP contribution in [0.5, 0.6) is 0 Å². The molecule has 3 amide bonds. The number of carbonyl (C=O) groups excluding carboxylic acids is 3. The number of para-hydroxylation sites is 1. The van der Waals surface area contributed by atoms with Crippen molar-refractivity contribution < 1.29 is 24.3 Å². The number of amides is 3. The Morgan fingerprint density at radius 2 is 1.74 bits per heavy atom. The summed E-state index contributed by atoms with van der Waals surface area (Å²) < 4.78 is 0. The number of aromatic nitrogens is 3. The summed E-state index contributed by atoms with van der Waals surface area (Å²) in [5.74, 6) is -3.39. The summed E-state index contributed by atoms with van der Waals surface area (Å²) in [6.07, 6.45) is 5.52. The van der Waals surface area contributed by atoms with Crippen molar-refractivity contribution in [2.24, 2.45) is 11.7 Å². The molecule has 2 aromatic heterocycles. The smallest absolute Gasteiger partial charge is 0.326 e. The second-order valence-electron chi connectivity index (χ2n) is 9.47. The van der Waals surface area contributed by atoms with E-state index in [2.05, 4.69) is 43.5 Å². The number of thiol groups is 1. The van der Waals surface area contributed by atoms with Gasteiger partial charge < -0.3 is 36.8 Å². The number of imidazole rings is 1. The molecule has 0 aliphatic carbocycles. The van der Waals surface area contributed by atoms with Gasteiger partial charge in [0.15, 0.2) is 0 Å². The van der Waals surface area contributed by atoms with Gasteiger partial charge in [-0.2, -0.15) is 12.6 Å². The zero-order valence-corrected chi connectivity index (χ0v) is 22.7. The fraction of sp³-hybridized carbons (Fsp3) is 0.423. The van der Waals surface area contributed by atoms with E-state index in [-0.39, 0.29) is 24.5 Å². The Morgan fingerprint density at radius 3 is 2.38 bits per heavy atom. The fourth-order valence-electron chi connectivity index (χ4n) is 4.14. The first kappa shape index (κ1) is 29.7. The molecule has 0 radical (unpaired) electrons. The first-order chi connectivity index (χ1) is 18.6. The zero-order valence-electron chi connectivity index (χ0n) is 21.8. The van der Waals surface area contributed by atoms with Gasteiger partial charge in [0.1, 0.15) is 18.1 Å². The predicted octanol–water partition coefficient (Wildman–Crippen LogP) is 0.518. The molecule has 12 nitrogen and oxygen atoms in total. The lowest BCUT2D eigenvalue weighted by atomic mass is 9.97. The van der Waals surface area contributed by atoms with Gasteiger partial charge in [-0.1, -0.05) is 38.5 Å². The SMILES string of the molecule is CCC(C)C(NC(=O)C(CS)NC(=O)C(N)Cc1cnc[nH]1)C(=O)NC(Cc1c[nH]c2ccccc12)C(=O)O. The molecule has 210 valence electrons. The summed E-state index contributed by atoms with van der Waals surface area (Å²) in [5, 5.41) is 18.5. The average Bonchev–Trinajstić information content (AvgIpc) is 3.59. The third kappa shape index (κ3) is 7.83. The first-order valence-electron chi connectivity index (χ1n) is 12.7. The van der Waals surface area contributed by atoms with Crippen molar-refractivity contribution >= 4 is 47.2 Å². The molecule has 3 aromatic rings. The molecule has 5 unspecified atom stereocenters. The molecule has 0 bridgehead atoms.